The maximum atomic E-state index is 13.3. The van der Waals surface area contributed by atoms with Gasteiger partial charge in [-0.05, 0) is 30.5 Å². The minimum Gasteiger partial charge on any atom is -0.475 e. The zero-order chi connectivity index (χ0) is 19.3. The Bertz CT molecular complexity index is 611. The average molecular weight is 379 g/mol. The van der Waals surface area contributed by atoms with Gasteiger partial charge in [0.25, 0.3) is 0 Å². The second-order valence-electron chi connectivity index (χ2n) is 6.16. The Morgan fingerprint density at radius 2 is 2.08 bits per heavy atom. The van der Waals surface area contributed by atoms with Crippen LogP contribution >= 0.6 is 0 Å². The normalized spacial score (nSPS) is 26.0. The van der Waals surface area contributed by atoms with Crippen molar-refractivity contribution in [3.63, 3.8) is 0 Å². The lowest BCUT2D eigenvalue weighted by atomic mass is 10.1. The van der Waals surface area contributed by atoms with Crippen LogP contribution in [0.3, 0.4) is 0 Å². The monoisotopic (exact) mass is 379 g/mol. The summed E-state index contributed by atoms with van der Waals surface area (Å²) >= 11 is 0. The van der Waals surface area contributed by atoms with Crippen LogP contribution in [0.1, 0.15) is 18.4 Å². The molecule has 2 aliphatic rings. The summed E-state index contributed by atoms with van der Waals surface area (Å²) < 4.78 is 56.5. The Labute approximate surface area is 148 Å². The number of alkyl halides is 3. The third-order valence-corrected chi connectivity index (χ3v) is 4.46. The number of hydrogen-bond acceptors (Lipinski definition) is 4. The Hall–Kier alpha value is -1.71. The lowest BCUT2D eigenvalue weighted by Crippen LogP contribution is -2.42. The lowest BCUT2D eigenvalue weighted by Gasteiger charge is -2.30. The highest BCUT2D eigenvalue weighted by Gasteiger charge is 2.42. The Morgan fingerprint density at radius 3 is 2.65 bits per heavy atom. The fraction of sp³-hybridized carbons (Fsp3) is 0.588. The van der Waals surface area contributed by atoms with Crippen LogP contribution in [0, 0.1) is 5.82 Å². The molecule has 2 fully saturated rings. The fourth-order valence-electron chi connectivity index (χ4n) is 3.34. The number of hydrogen-bond donors (Lipinski definition) is 1. The molecule has 0 spiro atoms. The number of rotatable bonds is 3. The number of carboxylic acids is 1. The molecule has 5 nitrogen and oxygen atoms in total. The predicted octanol–water partition coefficient (Wildman–Crippen LogP) is 2.84. The first kappa shape index (κ1) is 20.6. The van der Waals surface area contributed by atoms with Crippen LogP contribution in [0.2, 0.25) is 0 Å². The summed E-state index contributed by atoms with van der Waals surface area (Å²) in [7, 11) is 1.75. The molecular weight excluding hydrogens is 358 g/mol. The number of ether oxygens (including phenoxy) is 2. The highest BCUT2D eigenvalue weighted by atomic mass is 19.4. The van der Waals surface area contributed by atoms with Crippen LogP contribution in [-0.2, 0) is 20.8 Å². The number of aliphatic carboxylic acids is 1. The second kappa shape index (κ2) is 8.79. The molecule has 9 heteroatoms. The Morgan fingerprint density at radius 1 is 1.38 bits per heavy atom. The number of methoxy groups -OCH3 is 1. The SMILES string of the molecule is COC1C2CCC1N(Cc1cccc(F)c1)CCO2.O=C(O)C(F)(F)F. The zero-order valence-corrected chi connectivity index (χ0v) is 14.2. The first-order chi connectivity index (χ1) is 12.2. The Kier molecular flexibility index (Phi) is 6.96. The molecule has 26 heavy (non-hydrogen) atoms. The second-order valence-corrected chi connectivity index (χ2v) is 6.16. The summed E-state index contributed by atoms with van der Waals surface area (Å²) in [5.41, 5.74) is 1.01. The molecule has 1 saturated carbocycles. The van der Waals surface area contributed by atoms with E-state index < -0.39 is 12.1 Å². The summed E-state index contributed by atoms with van der Waals surface area (Å²) in [5, 5.41) is 7.12. The molecule has 1 aromatic rings. The van der Waals surface area contributed by atoms with E-state index in [4.69, 9.17) is 19.4 Å². The molecule has 3 rings (SSSR count). The van der Waals surface area contributed by atoms with E-state index in [1.807, 2.05) is 6.07 Å². The molecule has 0 radical (unpaired) electrons. The zero-order valence-electron chi connectivity index (χ0n) is 14.2. The first-order valence-corrected chi connectivity index (χ1v) is 8.15. The summed E-state index contributed by atoms with van der Waals surface area (Å²) in [5.74, 6) is -2.93. The quantitative estimate of drug-likeness (QED) is 0.819. The van der Waals surface area contributed by atoms with Gasteiger partial charge >= 0.3 is 12.1 Å². The number of carbonyl (C=O) groups is 1. The van der Waals surface area contributed by atoms with Crippen molar-refractivity contribution in [3.8, 4) is 0 Å². The number of benzene rings is 1. The minimum absolute atomic E-state index is 0.149. The van der Waals surface area contributed by atoms with Crippen LogP contribution in [0.4, 0.5) is 17.6 Å². The molecule has 1 aliphatic carbocycles. The summed E-state index contributed by atoms with van der Waals surface area (Å²) in [4.78, 5) is 11.3. The van der Waals surface area contributed by atoms with E-state index in [9.17, 15) is 17.6 Å². The average Bonchev–Trinajstić information content (AvgIpc) is 2.87. The molecule has 1 heterocycles. The molecule has 1 aromatic carbocycles. The van der Waals surface area contributed by atoms with Crippen molar-refractivity contribution in [2.45, 2.75) is 43.8 Å². The van der Waals surface area contributed by atoms with E-state index in [0.717, 1.165) is 38.1 Å². The maximum Gasteiger partial charge on any atom is 0.490 e. The van der Waals surface area contributed by atoms with Gasteiger partial charge in [-0.1, -0.05) is 12.1 Å². The summed E-state index contributed by atoms with van der Waals surface area (Å²) in [6, 6.07) is 7.23. The minimum atomic E-state index is -5.08. The summed E-state index contributed by atoms with van der Waals surface area (Å²) in [6.45, 7) is 2.38. The molecule has 2 bridgehead atoms. The molecule has 1 N–H and O–H groups in total. The van der Waals surface area contributed by atoms with Crippen LogP contribution in [0.15, 0.2) is 24.3 Å². The van der Waals surface area contributed by atoms with Crippen molar-refractivity contribution in [3.05, 3.63) is 35.6 Å². The van der Waals surface area contributed by atoms with Gasteiger partial charge in [0.1, 0.15) is 5.82 Å². The third kappa shape index (κ3) is 5.39. The topological polar surface area (TPSA) is 59.0 Å². The smallest absolute Gasteiger partial charge is 0.475 e. The van der Waals surface area contributed by atoms with E-state index in [0.29, 0.717) is 6.04 Å². The van der Waals surface area contributed by atoms with Gasteiger partial charge in [0.15, 0.2) is 0 Å². The van der Waals surface area contributed by atoms with Crippen LogP contribution in [-0.4, -0.2) is 60.7 Å². The van der Waals surface area contributed by atoms with Gasteiger partial charge < -0.3 is 14.6 Å². The van der Waals surface area contributed by atoms with Crippen molar-refractivity contribution in [2.75, 3.05) is 20.3 Å². The number of nitrogens with zero attached hydrogens (tertiary/aromatic N) is 1. The van der Waals surface area contributed by atoms with Gasteiger partial charge in [-0.3, -0.25) is 4.90 Å². The fourth-order valence-corrected chi connectivity index (χ4v) is 3.34. The number of carboxylic acid groups (broad SMARTS) is 1. The van der Waals surface area contributed by atoms with E-state index in [1.54, 1.807) is 19.2 Å². The first-order valence-electron chi connectivity index (χ1n) is 8.15. The molecule has 0 amide bonds. The van der Waals surface area contributed by atoms with Gasteiger partial charge in [0.2, 0.25) is 0 Å². The number of fused-ring (bicyclic) bond motifs is 2. The van der Waals surface area contributed by atoms with Crippen LogP contribution < -0.4 is 0 Å². The van der Waals surface area contributed by atoms with Crippen molar-refractivity contribution < 1.29 is 36.9 Å². The van der Waals surface area contributed by atoms with Crippen LogP contribution in [0.5, 0.6) is 0 Å². The predicted molar refractivity (Wildman–Crippen MR) is 84.1 cm³/mol. The maximum absolute atomic E-state index is 13.3. The molecular formula is C17H21F4NO4. The molecule has 1 saturated heterocycles. The lowest BCUT2D eigenvalue weighted by molar-refractivity contribution is -0.192. The highest BCUT2D eigenvalue weighted by Crippen LogP contribution is 2.32. The molecule has 146 valence electrons. The molecule has 3 unspecified atom stereocenters. The van der Waals surface area contributed by atoms with Gasteiger partial charge in [0.05, 0.1) is 18.8 Å². The third-order valence-electron chi connectivity index (χ3n) is 4.46. The van der Waals surface area contributed by atoms with E-state index in [-0.39, 0.29) is 18.0 Å². The van der Waals surface area contributed by atoms with E-state index in [2.05, 4.69) is 4.90 Å². The Balaban J connectivity index is 0.000000298. The molecule has 1 aliphatic heterocycles. The van der Waals surface area contributed by atoms with Crippen molar-refractivity contribution in [2.24, 2.45) is 0 Å². The van der Waals surface area contributed by atoms with Gasteiger partial charge in [0, 0.05) is 26.2 Å². The van der Waals surface area contributed by atoms with Crippen molar-refractivity contribution >= 4 is 5.97 Å². The van der Waals surface area contributed by atoms with Gasteiger partial charge in [-0.2, -0.15) is 13.2 Å². The molecule has 0 aromatic heterocycles. The van der Waals surface area contributed by atoms with Gasteiger partial charge in [-0.15, -0.1) is 0 Å². The van der Waals surface area contributed by atoms with Crippen molar-refractivity contribution in [1.29, 1.82) is 0 Å². The van der Waals surface area contributed by atoms with Gasteiger partial charge in [-0.25, -0.2) is 9.18 Å². The summed E-state index contributed by atoms with van der Waals surface area (Å²) in [6.07, 6.45) is -2.55. The number of halogens is 4. The van der Waals surface area contributed by atoms with E-state index in [1.165, 1.54) is 6.07 Å². The van der Waals surface area contributed by atoms with Crippen LogP contribution in [0.25, 0.3) is 0 Å². The molecule has 3 atom stereocenters. The highest BCUT2D eigenvalue weighted by molar-refractivity contribution is 5.73. The van der Waals surface area contributed by atoms with E-state index >= 15 is 0 Å². The largest absolute Gasteiger partial charge is 0.490 e. The standard InChI is InChI=1S/C15H20FNO2.C2HF3O2/c1-18-15-13-5-6-14(15)19-8-7-17(13)10-11-3-2-4-12(16)9-11;3-2(4,5)1(6)7/h2-4,9,13-15H,5-8,10H2,1H3;(H,6,7). The van der Waals surface area contributed by atoms with Crippen molar-refractivity contribution in [1.82, 2.24) is 4.90 Å².